The first-order chi connectivity index (χ1) is 34.4. The lowest BCUT2D eigenvalue weighted by molar-refractivity contribution is 0.210. The van der Waals surface area contributed by atoms with Crippen LogP contribution in [0.15, 0.2) is 182 Å². The fourth-order valence-corrected chi connectivity index (χ4v) is 12.1. The Morgan fingerprint density at radius 2 is 0.667 bits per heavy atom. The van der Waals surface area contributed by atoms with Crippen molar-refractivity contribution in [2.24, 2.45) is 22.7 Å². The molecular weight excluding hydrogens is 869 g/mol. The first kappa shape index (κ1) is 50.3. The fourth-order valence-electron chi connectivity index (χ4n) is 12.1. The fraction of sp³-hybridized carbons (Fsp3) is 0.314. The molecule has 1 aliphatic rings. The van der Waals surface area contributed by atoms with Crippen LogP contribution < -0.4 is 9.80 Å². The zero-order valence-electron chi connectivity index (χ0n) is 45.4. The van der Waals surface area contributed by atoms with Gasteiger partial charge in [0.25, 0.3) is 0 Å². The van der Waals surface area contributed by atoms with Gasteiger partial charge in [0.15, 0.2) is 0 Å². The Labute approximate surface area is 433 Å². The van der Waals surface area contributed by atoms with Crippen LogP contribution in [-0.4, -0.2) is 0 Å². The maximum Gasteiger partial charge on any atom is 0.0462 e. The van der Waals surface area contributed by atoms with Gasteiger partial charge in [-0.2, -0.15) is 0 Å². The van der Waals surface area contributed by atoms with E-state index < -0.39 is 0 Å². The van der Waals surface area contributed by atoms with E-state index in [0.29, 0.717) is 11.8 Å². The highest BCUT2D eigenvalue weighted by Crippen LogP contribution is 2.58. The molecule has 9 rings (SSSR count). The predicted molar refractivity (Wildman–Crippen MR) is 312 cm³/mol. The molecule has 0 N–H and O–H groups in total. The molecule has 0 spiro atoms. The van der Waals surface area contributed by atoms with Gasteiger partial charge in [-0.15, -0.1) is 0 Å². The summed E-state index contributed by atoms with van der Waals surface area (Å²) in [5.74, 6) is 1.09. The highest BCUT2D eigenvalue weighted by atomic mass is 15.1. The highest BCUT2D eigenvalue weighted by Gasteiger charge is 2.46. The molecule has 72 heavy (non-hydrogen) atoms. The summed E-state index contributed by atoms with van der Waals surface area (Å²) in [7, 11) is 0. The summed E-state index contributed by atoms with van der Waals surface area (Å²) in [4.78, 5) is 4.75. The van der Waals surface area contributed by atoms with Crippen LogP contribution in [0, 0.1) is 50.4 Å². The van der Waals surface area contributed by atoms with Crippen molar-refractivity contribution in [3.05, 3.63) is 215 Å². The lowest BCUT2D eigenvalue weighted by Gasteiger charge is -2.40. The molecule has 368 valence electrons. The molecule has 0 amide bonds. The van der Waals surface area contributed by atoms with Crippen LogP contribution in [0.3, 0.4) is 0 Å². The molecule has 0 saturated carbocycles. The molecule has 8 aromatic rings. The van der Waals surface area contributed by atoms with Gasteiger partial charge in [0.05, 0.1) is 0 Å². The van der Waals surface area contributed by atoms with Crippen molar-refractivity contribution in [3.8, 4) is 33.4 Å². The normalized spacial score (nSPS) is 13.8. The Morgan fingerprint density at radius 3 is 0.958 bits per heavy atom. The molecule has 1 aliphatic carbocycles. The van der Waals surface area contributed by atoms with Crippen molar-refractivity contribution in [3.63, 3.8) is 0 Å². The summed E-state index contributed by atoms with van der Waals surface area (Å²) < 4.78 is 0. The van der Waals surface area contributed by atoms with Gasteiger partial charge in [-0.3, -0.25) is 0 Å². The zero-order valence-corrected chi connectivity index (χ0v) is 45.4. The average molecular weight is 947 g/mol. The Bertz CT molecular complexity index is 2810. The number of benzene rings is 8. The second-order valence-corrected chi connectivity index (χ2v) is 24.0. The minimum Gasteiger partial charge on any atom is -0.311 e. The summed E-state index contributed by atoms with van der Waals surface area (Å²) in [6, 6.07) is 69.0. The Kier molecular flexibility index (Phi) is 14.3. The molecule has 0 aromatic heterocycles. The number of hydrogen-bond acceptors (Lipinski definition) is 2. The number of fused-ring (bicyclic) bond motifs is 3. The number of aryl methyl sites for hydroxylation is 4. The molecule has 2 unspecified atom stereocenters. The van der Waals surface area contributed by atoms with Gasteiger partial charge in [-0.05, 0) is 205 Å². The molecule has 8 aromatic carbocycles. The van der Waals surface area contributed by atoms with E-state index in [1.54, 1.807) is 0 Å². The third-order valence-electron chi connectivity index (χ3n) is 15.2. The monoisotopic (exact) mass is 947 g/mol. The van der Waals surface area contributed by atoms with Crippen molar-refractivity contribution in [1.82, 2.24) is 0 Å². The Balaban J connectivity index is 1.15. The smallest absolute Gasteiger partial charge is 0.0462 e. The first-order valence-corrected chi connectivity index (χ1v) is 26.7. The average Bonchev–Trinajstić information content (AvgIpc) is 3.60. The zero-order chi connectivity index (χ0) is 51.0. The Hall–Kier alpha value is -6.64. The standard InChI is InChI=1S/C70H78N2/c1-13-53(46-69(10,11)12)47-70(45-52(6)44-68(7,8)9)66-42-56(54-22-36-62(37-23-54)71(58-28-14-48(2)15-29-58)59-30-16-49(3)17-31-59)26-40-64(66)65-41-27-57(43-67(65)70)55-24-38-63(39-25-55)72(60-32-18-50(4)19-33-60)61-34-20-51(5)21-35-61/h14-43,52-53H,13,44-47H2,1-12H3. The minimum absolute atomic E-state index is 0.158. The lowest BCUT2D eigenvalue weighted by atomic mass is 9.63. The highest BCUT2D eigenvalue weighted by molar-refractivity contribution is 5.87. The van der Waals surface area contributed by atoms with Gasteiger partial charge < -0.3 is 9.80 Å². The Morgan fingerprint density at radius 1 is 0.375 bits per heavy atom. The van der Waals surface area contributed by atoms with Gasteiger partial charge in [-0.25, -0.2) is 0 Å². The van der Waals surface area contributed by atoms with Crippen LogP contribution >= 0.6 is 0 Å². The molecular formula is C70H78N2. The number of rotatable bonds is 15. The van der Waals surface area contributed by atoms with Gasteiger partial charge >= 0.3 is 0 Å². The van der Waals surface area contributed by atoms with E-state index in [0.717, 1.165) is 53.4 Å². The quantitative estimate of drug-likeness (QED) is 0.101. The van der Waals surface area contributed by atoms with E-state index in [4.69, 9.17) is 0 Å². The summed E-state index contributed by atoms with van der Waals surface area (Å²) in [6.07, 6.45) is 5.78. The maximum atomic E-state index is 2.61. The molecule has 2 atom stereocenters. The summed E-state index contributed by atoms with van der Waals surface area (Å²) >= 11 is 0. The van der Waals surface area contributed by atoms with Crippen LogP contribution in [0.4, 0.5) is 34.1 Å². The van der Waals surface area contributed by atoms with Crippen LogP contribution in [0.25, 0.3) is 33.4 Å². The van der Waals surface area contributed by atoms with Crippen molar-refractivity contribution >= 4 is 34.1 Å². The van der Waals surface area contributed by atoms with Gasteiger partial charge in [0.1, 0.15) is 0 Å². The van der Waals surface area contributed by atoms with E-state index in [1.165, 1.54) is 79.6 Å². The molecule has 0 saturated heterocycles. The van der Waals surface area contributed by atoms with Crippen molar-refractivity contribution in [2.75, 3.05) is 9.80 Å². The molecule has 0 aliphatic heterocycles. The third-order valence-corrected chi connectivity index (χ3v) is 15.2. The second-order valence-electron chi connectivity index (χ2n) is 24.0. The van der Waals surface area contributed by atoms with Crippen LogP contribution in [0.5, 0.6) is 0 Å². The predicted octanol–water partition coefficient (Wildman–Crippen LogP) is 20.8. The minimum atomic E-state index is -0.158. The largest absolute Gasteiger partial charge is 0.311 e. The molecule has 2 heteroatoms. The summed E-state index contributed by atoms with van der Waals surface area (Å²) in [5.41, 5.74) is 23.1. The summed E-state index contributed by atoms with van der Waals surface area (Å²) in [6.45, 7) is 28.1. The lowest BCUT2D eigenvalue weighted by Crippen LogP contribution is -2.33. The van der Waals surface area contributed by atoms with Crippen molar-refractivity contribution in [1.29, 1.82) is 0 Å². The van der Waals surface area contributed by atoms with E-state index in [-0.39, 0.29) is 16.2 Å². The van der Waals surface area contributed by atoms with Gasteiger partial charge in [-0.1, -0.05) is 181 Å². The molecule has 0 heterocycles. The molecule has 2 nitrogen and oxygen atoms in total. The topological polar surface area (TPSA) is 6.48 Å². The van der Waals surface area contributed by atoms with Crippen LogP contribution in [-0.2, 0) is 5.41 Å². The van der Waals surface area contributed by atoms with Crippen LogP contribution in [0.1, 0.15) is 121 Å². The number of anilines is 6. The van der Waals surface area contributed by atoms with E-state index in [9.17, 15) is 0 Å². The van der Waals surface area contributed by atoms with Crippen molar-refractivity contribution < 1.29 is 0 Å². The molecule has 0 radical (unpaired) electrons. The maximum absolute atomic E-state index is 2.61. The summed E-state index contributed by atoms with van der Waals surface area (Å²) in [5, 5.41) is 0. The van der Waals surface area contributed by atoms with E-state index in [1.807, 2.05) is 0 Å². The van der Waals surface area contributed by atoms with Crippen molar-refractivity contribution in [2.45, 2.75) is 121 Å². The number of hydrogen-bond donors (Lipinski definition) is 0. The first-order valence-electron chi connectivity index (χ1n) is 26.7. The van der Waals surface area contributed by atoms with E-state index in [2.05, 4.69) is 275 Å². The van der Waals surface area contributed by atoms with Crippen LogP contribution in [0.2, 0.25) is 0 Å². The SMILES string of the molecule is CCC(CC(C)(C)C)CC1(CC(C)CC(C)(C)C)c2cc(-c3ccc(N(c4ccc(C)cc4)c4ccc(C)cc4)cc3)ccc2-c2ccc(-c3ccc(N(c4ccc(C)cc4)c4ccc(C)cc4)cc3)cc21. The third kappa shape index (κ3) is 11.0. The molecule has 0 fully saturated rings. The second kappa shape index (κ2) is 20.5. The van der Waals surface area contributed by atoms with Gasteiger partial charge in [0, 0.05) is 39.5 Å². The van der Waals surface area contributed by atoms with E-state index >= 15 is 0 Å². The van der Waals surface area contributed by atoms with Gasteiger partial charge in [0.2, 0.25) is 0 Å². The molecule has 0 bridgehead atoms. The number of nitrogens with zero attached hydrogens (tertiary/aromatic N) is 2.